The van der Waals surface area contributed by atoms with E-state index in [1.54, 1.807) is 0 Å². The van der Waals surface area contributed by atoms with Gasteiger partial charge in [-0.2, -0.15) is 0 Å². The Kier molecular flexibility index (Phi) is 5.97. The molecule has 4 nitrogen and oxygen atoms in total. The lowest BCUT2D eigenvalue weighted by molar-refractivity contribution is -0.121. The minimum atomic E-state index is -0.0300. The number of benzene rings is 1. The smallest absolute Gasteiger partial charge is 0.220 e. The van der Waals surface area contributed by atoms with Crippen molar-refractivity contribution in [2.75, 3.05) is 13.1 Å². The summed E-state index contributed by atoms with van der Waals surface area (Å²) in [6.07, 6.45) is 2.64. The molecule has 1 amide bonds. The van der Waals surface area contributed by atoms with Crippen molar-refractivity contribution in [3.8, 4) is 0 Å². The van der Waals surface area contributed by atoms with Gasteiger partial charge in [0.2, 0.25) is 5.91 Å². The maximum Gasteiger partial charge on any atom is 0.220 e. The molecule has 1 heterocycles. The number of Topliss-reactive ketones (excluding diaryl/α,β-unsaturated/α-hetero) is 1. The molecule has 1 aromatic carbocycles. The van der Waals surface area contributed by atoms with Crippen LogP contribution in [0.5, 0.6) is 0 Å². The van der Waals surface area contributed by atoms with Gasteiger partial charge in [0.1, 0.15) is 0 Å². The highest BCUT2D eigenvalue weighted by molar-refractivity contribution is 14.1. The van der Waals surface area contributed by atoms with E-state index in [-0.39, 0.29) is 30.6 Å². The van der Waals surface area contributed by atoms with Crippen molar-refractivity contribution < 1.29 is 9.59 Å². The Labute approximate surface area is 132 Å². The van der Waals surface area contributed by atoms with E-state index < -0.39 is 0 Å². The molecule has 5 heteroatoms. The first kappa shape index (κ1) is 15.4. The number of hydrogen-bond donors (Lipinski definition) is 2. The first-order chi connectivity index (χ1) is 9.65. The van der Waals surface area contributed by atoms with E-state index in [1.165, 1.54) is 0 Å². The molecule has 2 rings (SSSR count). The highest BCUT2D eigenvalue weighted by atomic mass is 127. The second-order valence-electron chi connectivity index (χ2n) is 5.04. The highest BCUT2D eigenvalue weighted by Crippen LogP contribution is 2.10. The Bertz CT molecular complexity index is 467. The molecule has 1 fully saturated rings. The zero-order valence-corrected chi connectivity index (χ0v) is 13.5. The minimum Gasteiger partial charge on any atom is -0.352 e. The summed E-state index contributed by atoms with van der Waals surface area (Å²) in [6, 6.07) is 7.65. The van der Waals surface area contributed by atoms with Crippen molar-refractivity contribution in [1.29, 1.82) is 0 Å². The first-order valence-corrected chi connectivity index (χ1v) is 8.02. The quantitative estimate of drug-likeness (QED) is 0.602. The van der Waals surface area contributed by atoms with E-state index in [9.17, 15) is 9.59 Å². The van der Waals surface area contributed by atoms with Crippen LogP contribution in [0.3, 0.4) is 0 Å². The van der Waals surface area contributed by atoms with Crippen LogP contribution in [-0.4, -0.2) is 30.8 Å². The summed E-state index contributed by atoms with van der Waals surface area (Å²) in [6.45, 7) is 1.86. The van der Waals surface area contributed by atoms with Crippen LogP contribution in [0, 0.1) is 3.57 Å². The number of piperidine rings is 1. The SMILES string of the molecule is O=C(CCC(=O)c1ccc(I)cc1)N[C@H]1CCCNC1. The van der Waals surface area contributed by atoms with Crippen molar-refractivity contribution in [3.63, 3.8) is 0 Å². The molecule has 1 aliphatic rings. The third kappa shape index (κ3) is 4.86. The average Bonchev–Trinajstić information content (AvgIpc) is 2.46. The van der Waals surface area contributed by atoms with Gasteiger partial charge < -0.3 is 10.6 Å². The largest absolute Gasteiger partial charge is 0.352 e. The van der Waals surface area contributed by atoms with Crippen LogP contribution >= 0.6 is 22.6 Å². The molecule has 1 atom stereocenters. The van der Waals surface area contributed by atoms with E-state index in [0.717, 1.165) is 29.5 Å². The van der Waals surface area contributed by atoms with Gasteiger partial charge in [-0.25, -0.2) is 0 Å². The number of hydrogen-bond acceptors (Lipinski definition) is 3. The van der Waals surface area contributed by atoms with Crippen LogP contribution in [0.4, 0.5) is 0 Å². The summed E-state index contributed by atoms with van der Waals surface area (Å²) < 4.78 is 1.10. The van der Waals surface area contributed by atoms with Gasteiger partial charge in [0.25, 0.3) is 0 Å². The van der Waals surface area contributed by atoms with Gasteiger partial charge in [0.05, 0.1) is 0 Å². The molecule has 2 N–H and O–H groups in total. The minimum absolute atomic E-state index is 0.0262. The summed E-state index contributed by atoms with van der Waals surface area (Å²) in [5.41, 5.74) is 0.678. The topological polar surface area (TPSA) is 58.2 Å². The summed E-state index contributed by atoms with van der Waals surface area (Å²) in [5, 5.41) is 6.23. The fraction of sp³-hybridized carbons (Fsp3) is 0.467. The second kappa shape index (κ2) is 7.73. The molecule has 0 radical (unpaired) electrons. The maximum atomic E-state index is 12.0. The number of carbonyl (C=O) groups excluding carboxylic acids is 2. The molecule has 108 valence electrons. The molecule has 0 saturated carbocycles. The molecule has 0 spiro atoms. The predicted octanol–water partition coefficient (Wildman–Crippen LogP) is 2.12. The van der Waals surface area contributed by atoms with Crippen molar-refractivity contribution in [2.45, 2.75) is 31.7 Å². The van der Waals surface area contributed by atoms with Crippen LogP contribution in [0.15, 0.2) is 24.3 Å². The normalized spacial score (nSPS) is 18.6. The fourth-order valence-electron chi connectivity index (χ4n) is 2.28. The van der Waals surface area contributed by atoms with Gasteiger partial charge in [0, 0.05) is 34.6 Å². The molecule has 20 heavy (non-hydrogen) atoms. The molecule has 0 aromatic heterocycles. The van der Waals surface area contributed by atoms with Gasteiger partial charge in [0.15, 0.2) is 5.78 Å². The molecule has 0 unspecified atom stereocenters. The fourth-order valence-corrected chi connectivity index (χ4v) is 2.64. The third-order valence-corrected chi connectivity index (χ3v) is 4.13. The molecule has 0 bridgehead atoms. The lowest BCUT2D eigenvalue weighted by atomic mass is 10.1. The molecule has 1 aliphatic heterocycles. The Morgan fingerprint density at radius 2 is 2.00 bits per heavy atom. The maximum absolute atomic E-state index is 12.0. The predicted molar refractivity (Wildman–Crippen MR) is 86.8 cm³/mol. The number of carbonyl (C=O) groups is 2. The van der Waals surface area contributed by atoms with Crippen molar-refractivity contribution in [1.82, 2.24) is 10.6 Å². The standard InChI is InChI=1S/C15H19IN2O2/c16-12-5-3-11(4-6-12)14(19)7-8-15(20)18-13-2-1-9-17-10-13/h3-6,13,17H,1-2,7-10H2,(H,18,20)/t13-/m0/s1. The first-order valence-electron chi connectivity index (χ1n) is 6.94. The Morgan fingerprint density at radius 1 is 1.25 bits per heavy atom. The summed E-state index contributed by atoms with van der Waals surface area (Å²) in [4.78, 5) is 23.8. The summed E-state index contributed by atoms with van der Waals surface area (Å²) >= 11 is 2.20. The van der Waals surface area contributed by atoms with Crippen LogP contribution in [-0.2, 0) is 4.79 Å². The van der Waals surface area contributed by atoms with Gasteiger partial charge in [-0.15, -0.1) is 0 Å². The summed E-state index contributed by atoms with van der Waals surface area (Å²) in [7, 11) is 0. The molecule has 0 aliphatic carbocycles. The van der Waals surface area contributed by atoms with Gasteiger partial charge in [-0.05, 0) is 54.1 Å². The number of amides is 1. The van der Waals surface area contributed by atoms with Crippen LogP contribution < -0.4 is 10.6 Å². The zero-order chi connectivity index (χ0) is 14.4. The molecular formula is C15H19IN2O2. The monoisotopic (exact) mass is 386 g/mol. The van der Waals surface area contributed by atoms with Crippen LogP contribution in [0.25, 0.3) is 0 Å². The Hall–Kier alpha value is -0.950. The Balaban J connectivity index is 1.75. The van der Waals surface area contributed by atoms with E-state index in [1.807, 2.05) is 24.3 Å². The summed E-state index contributed by atoms with van der Waals surface area (Å²) in [5.74, 6) is -0.00381. The lowest BCUT2D eigenvalue weighted by Crippen LogP contribution is -2.45. The zero-order valence-electron chi connectivity index (χ0n) is 11.3. The van der Waals surface area contributed by atoms with Crippen LogP contribution in [0.1, 0.15) is 36.0 Å². The Morgan fingerprint density at radius 3 is 2.65 bits per heavy atom. The number of nitrogens with one attached hydrogen (secondary N) is 2. The van der Waals surface area contributed by atoms with Crippen molar-refractivity contribution in [3.05, 3.63) is 33.4 Å². The average molecular weight is 386 g/mol. The molecular weight excluding hydrogens is 367 g/mol. The molecule has 1 aromatic rings. The van der Waals surface area contributed by atoms with Gasteiger partial charge in [-0.3, -0.25) is 9.59 Å². The van der Waals surface area contributed by atoms with Crippen molar-refractivity contribution >= 4 is 34.3 Å². The van der Waals surface area contributed by atoms with Crippen molar-refractivity contribution in [2.24, 2.45) is 0 Å². The van der Waals surface area contributed by atoms with Gasteiger partial charge >= 0.3 is 0 Å². The number of halogens is 1. The number of ketones is 1. The van der Waals surface area contributed by atoms with E-state index in [2.05, 4.69) is 33.2 Å². The second-order valence-corrected chi connectivity index (χ2v) is 6.29. The lowest BCUT2D eigenvalue weighted by Gasteiger charge is -2.23. The molecule has 1 saturated heterocycles. The van der Waals surface area contributed by atoms with E-state index in [0.29, 0.717) is 5.56 Å². The van der Waals surface area contributed by atoms with E-state index >= 15 is 0 Å². The highest BCUT2D eigenvalue weighted by Gasteiger charge is 2.16. The number of rotatable bonds is 5. The third-order valence-electron chi connectivity index (χ3n) is 3.41. The van der Waals surface area contributed by atoms with Crippen LogP contribution in [0.2, 0.25) is 0 Å². The van der Waals surface area contributed by atoms with Gasteiger partial charge in [-0.1, -0.05) is 12.1 Å². The van der Waals surface area contributed by atoms with E-state index in [4.69, 9.17) is 0 Å².